The van der Waals surface area contributed by atoms with Gasteiger partial charge < -0.3 is 9.64 Å². The molecule has 0 unspecified atom stereocenters. The van der Waals surface area contributed by atoms with Crippen LogP contribution in [0.5, 0.6) is 5.75 Å². The van der Waals surface area contributed by atoms with Gasteiger partial charge in [-0.25, -0.2) is 0 Å². The molecule has 8 heteroatoms. The number of likely N-dealkylation sites (tertiary alicyclic amines) is 1. The van der Waals surface area contributed by atoms with Crippen LogP contribution < -0.4 is 4.74 Å². The van der Waals surface area contributed by atoms with Gasteiger partial charge in [0, 0.05) is 23.8 Å². The second-order valence-corrected chi connectivity index (χ2v) is 9.12. The maximum Gasteiger partial charge on any atom is 0.233 e. The van der Waals surface area contributed by atoms with Crippen molar-refractivity contribution in [1.29, 1.82) is 0 Å². The summed E-state index contributed by atoms with van der Waals surface area (Å²) in [7, 11) is 0. The first-order chi connectivity index (χ1) is 15.6. The van der Waals surface area contributed by atoms with E-state index < -0.39 is 0 Å². The van der Waals surface area contributed by atoms with Crippen molar-refractivity contribution in [2.75, 3.05) is 18.9 Å². The van der Waals surface area contributed by atoms with Crippen molar-refractivity contribution in [3.8, 4) is 22.8 Å². The summed E-state index contributed by atoms with van der Waals surface area (Å²) in [4.78, 5) is 14.9. The van der Waals surface area contributed by atoms with Gasteiger partial charge in [0.05, 0.1) is 17.4 Å². The van der Waals surface area contributed by atoms with E-state index >= 15 is 0 Å². The third kappa shape index (κ3) is 4.94. The normalized spacial score (nSPS) is 16.2. The number of hydrogen-bond acceptors (Lipinski definition) is 5. The second-order valence-electron chi connectivity index (χ2n) is 7.77. The lowest BCUT2D eigenvalue weighted by Gasteiger charge is -2.33. The third-order valence-corrected chi connectivity index (χ3v) is 6.85. The number of rotatable bonds is 7. The number of piperidine rings is 1. The van der Waals surface area contributed by atoms with Crippen molar-refractivity contribution < 1.29 is 9.53 Å². The Morgan fingerprint density at radius 3 is 2.66 bits per heavy atom. The van der Waals surface area contributed by atoms with Gasteiger partial charge in [0.15, 0.2) is 11.0 Å². The van der Waals surface area contributed by atoms with Gasteiger partial charge in [-0.2, -0.15) is 0 Å². The highest BCUT2D eigenvalue weighted by Gasteiger charge is 2.25. The minimum absolute atomic E-state index is 0.141. The fourth-order valence-corrected chi connectivity index (χ4v) is 5.01. The zero-order valence-electron chi connectivity index (χ0n) is 18.3. The molecule has 3 aromatic rings. The zero-order chi connectivity index (χ0) is 22.5. The molecule has 4 rings (SSSR count). The molecule has 1 amide bonds. The monoisotopic (exact) mass is 470 g/mol. The van der Waals surface area contributed by atoms with E-state index in [0.29, 0.717) is 34.4 Å². The molecule has 0 aliphatic carbocycles. The van der Waals surface area contributed by atoms with Crippen molar-refractivity contribution in [2.24, 2.45) is 0 Å². The van der Waals surface area contributed by atoms with Gasteiger partial charge in [-0.3, -0.25) is 9.36 Å². The van der Waals surface area contributed by atoms with Crippen LogP contribution in [0.4, 0.5) is 0 Å². The van der Waals surface area contributed by atoms with Crippen LogP contribution in [0.3, 0.4) is 0 Å². The van der Waals surface area contributed by atoms with Crippen LogP contribution in [-0.4, -0.2) is 50.5 Å². The van der Waals surface area contributed by atoms with Crippen LogP contribution in [0.25, 0.3) is 17.1 Å². The number of halogens is 1. The quantitative estimate of drug-likeness (QED) is 0.428. The Morgan fingerprint density at radius 1 is 1.16 bits per heavy atom. The van der Waals surface area contributed by atoms with Crippen molar-refractivity contribution in [3.63, 3.8) is 0 Å². The average Bonchev–Trinajstić information content (AvgIpc) is 3.22. The summed E-state index contributed by atoms with van der Waals surface area (Å²) in [5.74, 6) is 1.90. The minimum atomic E-state index is 0.141. The number of benzene rings is 2. The molecule has 1 aromatic heterocycles. The summed E-state index contributed by atoms with van der Waals surface area (Å²) in [5.41, 5.74) is 1.67. The third-order valence-electron chi connectivity index (χ3n) is 5.60. The Hall–Kier alpha value is -2.51. The fourth-order valence-electron chi connectivity index (χ4n) is 3.95. The molecule has 2 heterocycles. The van der Waals surface area contributed by atoms with E-state index in [1.165, 1.54) is 18.2 Å². The molecule has 168 valence electrons. The van der Waals surface area contributed by atoms with Crippen LogP contribution >= 0.6 is 23.4 Å². The number of nitrogens with zero attached hydrogens (tertiary/aromatic N) is 4. The largest absolute Gasteiger partial charge is 0.494 e. The molecule has 1 aliphatic heterocycles. The summed E-state index contributed by atoms with van der Waals surface area (Å²) in [6.07, 6.45) is 3.32. The lowest BCUT2D eigenvalue weighted by atomic mass is 10.0. The number of carbonyl (C=O) groups is 1. The molecule has 1 aliphatic rings. The number of hydrogen-bond donors (Lipinski definition) is 0. The van der Waals surface area contributed by atoms with Crippen LogP contribution in [0.15, 0.2) is 53.7 Å². The molecular formula is C24H27ClN4O2S. The van der Waals surface area contributed by atoms with E-state index in [9.17, 15) is 4.79 Å². The SMILES string of the molecule is CCOc1ccc(-n2c(SCC(=O)N3CCCC[C@H]3C)nnc2-c2ccccc2Cl)cc1. The number of thioether (sulfide) groups is 1. The first-order valence-corrected chi connectivity index (χ1v) is 12.3. The molecule has 6 nitrogen and oxygen atoms in total. The topological polar surface area (TPSA) is 60.2 Å². The number of amides is 1. The average molecular weight is 471 g/mol. The van der Waals surface area contributed by atoms with E-state index in [-0.39, 0.29) is 5.91 Å². The van der Waals surface area contributed by atoms with Crippen molar-refractivity contribution >= 4 is 29.3 Å². The lowest BCUT2D eigenvalue weighted by Crippen LogP contribution is -2.42. The van der Waals surface area contributed by atoms with Crippen molar-refractivity contribution in [1.82, 2.24) is 19.7 Å². The van der Waals surface area contributed by atoms with Gasteiger partial charge in [-0.05, 0) is 69.5 Å². The molecule has 0 radical (unpaired) electrons. The summed E-state index contributed by atoms with van der Waals surface area (Å²) < 4.78 is 7.53. The predicted octanol–water partition coefficient (Wildman–Crippen LogP) is 5.48. The Balaban J connectivity index is 1.65. The highest BCUT2D eigenvalue weighted by Crippen LogP contribution is 2.32. The van der Waals surface area contributed by atoms with Gasteiger partial charge in [0.25, 0.3) is 0 Å². The molecule has 0 saturated carbocycles. The highest BCUT2D eigenvalue weighted by molar-refractivity contribution is 7.99. The Bertz CT molecular complexity index is 1070. The predicted molar refractivity (Wildman–Crippen MR) is 129 cm³/mol. The molecule has 1 atom stereocenters. The number of ether oxygens (including phenoxy) is 1. The first-order valence-electron chi connectivity index (χ1n) is 10.9. The minimum Gasteiger partial charge on any atom is -0.494 e. The van der Waals surface area contributed by atoms with E-state index in [0.717, 1.165) is 36.4 Å². The van der Waals surface area contributed by atoms with Crippen molar-refractivity contribution in [3.05, 3.63) is 53.6 Å². The van der Waals surface area contributed by atoms with Crippen LogP contribution in [0.1, 0.15) is 33.1 Å². The molecule has 32 heavy (non-hydrogen) atoms. The molecule has 0 bridgehead atoms. The molecular weight excluding hydrogens is 444 g/mol. The maximum absolute atomic E-state index is 12.9. The highest BCUT2D eigenvalue weighted by atomic mass is 35.5. The Labute approximate surface area is 197 Å². The van der Waals surface area contributed by atoms with Gasteiger partial charge in [0.2, 0.25) is 5.91 Å². The molecule has 0 spiro atoms. The van der Waals surface area contributed by atoms with Gasteiger partial charge in [-0.15, -0.1) is 10.2 Å². The van der Waals surface area contributed by atoms with Gasteiger partial charge >= 0.3 is 0 Å². The standard InChI is InChI=1S/C24H27ClN4O2S/c1-3-31-19-13-11-18(12-14-19)29-23(20-9-4-5-10-21(20)25)26-27-24(29)32-16-22(30)28-15-7-6-8-17(28)2/h4-5,9-14,17H,3,6-8,15-16H2,1-2H3/t17-/m1/s1. The maximum atomic E-state index is 12.9. The summed E-state index contributed by atoms with van der Waals surface area (Å²) in [6, 6.07) is 15.6. The van der Waals surface area contributed by atoms with E-state index in [2.05, 4.69) is 17.1 Å². The summed E-state index contributed by atoms with van der Waals surface area (Å²) in [6.45, 7) is 5.52. The number of carbonyl (C=O) groups excluding carboxylic acids is 1. The molecule has 1 saturated heterocycles. The first kappa shape index (κ1) is 22.7. The van der Waals surface area contributed by atoms with E-state index in [1.807, 2.05) is 64.9 Å². The summed E-state index contributed by atoms with van der Waals surface area (Å²) in [5, 5.41) is 10.1. The Kier molecular flexibility index (Phi) is 7.37. The van der Waals surface area contributed by atoms with E-state index in [1.54, 1.807) is 0 Å². The molecule has 0 N–H and O–H groups in total. The summed E-state index contributed by atoms with van der Waals surface area (Å²) >= 11 is 7.88. The van der Waals surface area contributed by atoms with E-state index in [4.69, 9.17) is 16.3 Å². The molecule has 1 fully saturated rings. The van der Waals surface area contributed by atoms with Crippen molar-refractivity contribution in [2.45, 2.75) is 44.3 Å². The van der Waals surface area contributed by atoms with Crippen LogP contribution in [0, 0.1) is 0 Å². The van der Waals surface area contributed by atoms with Crippen LogP contribution in [-0.2, 0) is 4.79 Å². The van der Waals surface area contributed by atoms with Gasteiger partial charge in [0.1, 0.15) is 5.75 Å². The fraction of sp³-hybridized carbons (Fsp3) is 0.375. The van der Waals surface area contributed by atoms with Crippen LogP contribution in [0.2, 0.25) is 5.02 Å². The molecule has 2 aromatic carbocycles. The number of aromatic nitrogens is 3. The lowest BCUT2D eigenvalue weighted by molar-refractivity contribution is -0.131. The second kappa shape index (κ2) is 10.4. The zero-order valence-corrected chi connectivity index (χ0v) is 19.9. The Morgan fingerprint density at radius 2 is 1.94 bits per heavy atom. The smallest absolute Gasteiger partial charge is 0.233 e. The van der Waals surface area contributed by atoms with Gasteiger partial charge in [-0.1, -0.05) is 35.5 Å².